The zero-order valence-corrected chi connectivity index (χ0v) is 15.8. The second-order valence-electron chi connectivity index (χ2n) is 5.68. The molecule has 10 heteroatoms. The maximum absolute atomic E-state index is 12.2. The highest BCUT2D eigenvalue weighted by Crippen LogP contribution is 2.28. The summed E-state index contributed by atoms with van der Waals surface area (Å²) in [7, 11) is 0. The summed E-state index contributed by atoms with van der Waals surface area (Å²) in [5.41, 5.74) is 0.394. The van der Waals surface area contributed by atoms with Crippen LogP contribution in [0.25, 0.3) is 0 Å². The molecule has 0 saturated heterocycles. The first-order chi connectivity index (χ1) is 13.2. The summed E-state index contributed by atoms with van der Waals surface area (Å²) in [6, 6.07) is 0. The van der Waals surface area contributed by atoms with E-state index < -0.39 is 30.2 Å². The zero-order valence-electron chi connectivity index (χ0n) is 15.8. The number of ketones is 1. The molecule has 0 radical (unpaired) electrons. The first kappa shape index (κ1) is 20.7. The number of aryl methyl sites for hydroxylation is 2. The van der Waals surface area contributed by atoms with Gasteiger partial charge in [0.1, 0.15) is 11.3 Å². The molecular formula is C18H19N3O7. The molecule has 0 bridgehead atoms. The van der Waals surface area contributed by atoms with Crippen molar-refractivity contribution in [3.05, 3.63) is 40.7 Å². The van der Waals surface area contributed by atoms with Crippen LogP contribution in [0, 0.1) is 13.8 Å². The number of nitrogens with zero attached hydrogens (tertiary/aromatic N) is 2. The fraction of sp³-hybridized carbons (Fsp3) is 0.333. The van der Waals surface area contributed by atoms with Crippen LogP contribution in [-0.2, 0) is 14.3 Å². The van der Waals surface area contributed by atoms with Gasteiger partial charge in [0.2, 0.25) is 5.88 Å². The molecule has 0 unspecified atom stereocenters. The molecule has 2 rings (SSSR count). The van der Waals surface area contributed by atoms with Gasteiger partial charge in [0, 0.05) is 6.20 Å². The van der Waals surface area contributed by atoms with Crippen molar-refractivity contribution in [1.82, 2.24) is 9.97 Å². The molecule has 0 saturated carbocycles. The number of hydrogen-bond donors (Lipinski definition) is 1. The van der Waals surface area contributed by atoms with E-state index in [0.29, 0.717) is 5.69 Å². The van der Waals surface area contributed by atoms with Crippen LogP contribution >= 0.6 is 0 Å². The second-order valence-corrected chi connectivity index (χ2v) is 5.68. The summed E-state index contributed by atoms with van der Waals surface area (Å²) in [5, 5.41) is 2.31. The molecule has 0 aliphatic heterocycles. The van der Waals surface area contributed by atoms with Gasteiger partial charge in [0.15, 0.2) is 18.1 Å². The molecule has 0 fully saturated rings. The van der Waals surface area contributed by atoms with Gasteiger partial charge in [0.25, 0.3) is 5.91 Å². The Morgan fingerprint density at radius 3 is 2.32 bits per heavy atom. The third-order valence-corrected chi connectivity index (χ3v) is 3.49. The average Bonchev–Trinajstić information content (AvgIpc) is 2.96. The number of Topliss-reactive ketones (excluding diaryl/α,β-unsaturated/α-hetero) is 1. The fourth-order valence-corrected chi connectivity index (χ4v) is 2.32. The summed E-state index contributed by atoms with van der Waals surface area (Å²) >= 11 is 0. The molecule has 0 aromatic carbocycles. The van der Waals surface area contributed by atoms with Gasteiger partial charge in [-0.3, -0.25) is 19.9 Å². The average molecular weight is 389 g/mol. The smallest absolute Gasteiger partial charge is 0.359 e. The number of ether oxygens (including phenoxy) is 2. The first-order valence-corrected chi connectivity index (χ1v) is 8.31. The molecular weight excluding hydrogens is 370 g/mol. The lowest BCUT2D eigenvalue weighted by atomic mass is 10.1. The van der Waals surface area contributed by atoms with Crippen molar-refractivity contribution in [1.29, 1.82) is 0 Å². The van der Waals surface area contributed by atoms with Crippen molar-refractivity contribution in [2.24, 2.45) is 0 Å². The minimum absolute atomic E-state index is 0.0145. The molecule has 1 amide bonds. The molecule has 0 aliphatic carbocycles. The monoisotopic (exact) mass is 389 g/mol. The van der Waals surface area contributed by atoms with Gasteiger partial charge in [-0.2, -0.15) is 0 Å². The Morgan fingerprint density at radius 2 is 1.75 bits per heavy atom. The summed E-state index contributed by atoms with van der Waals surface area (Å²) in [6.45, 7) is 5.46. The SMILES string of the molecule is CCOC(=O)c1c(NC(=O)COC(=O)c2cnc(C)cn2)oc(C)c1C(C)=O. The standard InChI is InChI=1S/C18H19N3O7/c1-5-26-18(25)15-14(10(3)22)11(4)28-16(15)21-13(23)8-27-17(24)12-7-19-9(2)6-20-12/h6-7H,5,8H2,1-4H3,(H,21,23). The van der Waals surface area contributed by atoms with E-state index in [2.05, 4.69) is 15.3 Å². The molecule has 2 aromatic heterocycles. The molecule has 0 aliphatic rings. The van der Waals surface area contributed by atoms with Gasteiger partial charge in [-0.1, -0.05) is 0 Å². The van der Waals surface area contributed by atoms with Crippen molar-refractivity contribution < 1.29 is 33.1 Å². The van der Waals surface area contributed by atoms with Crippen molar-refractivity contribution in [3.8, 4) is 0 Å². The molecule has 10 nitrogen and oxygen atoms in total. The summed E-state index contributed by atoms with van der Waals surface area (Å²) < 4.78 is 15.1. The first-order valence-electron chi connectivity index (χ1n) is 8.31. The van der Waals surface area contributed by atoms with Crippen molar-refractivity contribution in [2.45, 2.75) is 27.7 Å². The van der Waals surface area contributed by atoms with E-state index in [0.717, 1.165) is 0 Å². The Hall–Kier alpha value is -3.56. The van der Waals surface area contributed by atoms with E-state index in [1.54, 1.807) is 13.8 Å². The minimum Gasteiger partial charge on any atom is -0.462 e. The molecule has 2 heterocycles. The predicted molar refractivity (Wildman–Crippen MR) is 95.1 cm³/mol. The minimum atomic E-state index is -0.840. The normalized spacial score (nSPS) is 10.3. The van der Waals surface area contributed by atoms with E-state index in [1.165, 1.54) is 26.2 Å². The molecule has 1 N–H and O–H groups in total. The van der Waals surface area contributed by atoms with Crippen LogP contribution in [0.2, 0.25) is 0 Å². The molecule has 0 spiro atoms. The Balaban J connectivity index is 2.11. The fourth-order valence-electron chi connectivity index (χ4n) is 2.32. The second kappa shape index (κ2) is 8.89. The zero-order chi connectivity index (χ0) is 20.8. The topological polar surface area (TPSA) is 138 Å². The highest BCUT2D eigenvalue weighted by molar-refractivity contribution is 6.10. The van der Waals surface area contributed by atoms with E-state index in [1.807, 2.05) is 0 Å². The van der Waals surface area contributed by atoms with Crippen LogP contribution in [0.5, 0.6) is 0 Å². The van der Waals surface area contributed by atoms with Crippen LogP contribution < -0.4 is 5.32 Å². The van der Waals surface area contributed by atoms with E-state index in [4.69, 9.17) is 13.9 Å². The molecule has 2 aromatic rings. The predicted octanol–water partition coefficient (Wildman–Crippen LogP) is 1.86. The van der Waals surface area contributed by atoms with Gasteiger partial charge in [0.05, 0.1) is 24.1 Å². The number of carbonyl (C=O) groups is 4. The quantitative estimate of drug-likeness (QED) is 0.555. The van der Waals surface area contributed by atoms with Crippen molar-refractivity contribution in [2.75, 3.05) is 18.5 Å². The number of furan rings is 1. The molecule has 28 heavy (non-hydrogen) atoms. The maximum atomic E-state index is 12.2. The molecule has 148 valence electrons. The van der Waals surface area contributed by atoms with Crippen molar-refractivity contribution >= 4 is 29.5 Å². The Labute approximate surface area is 160 Å². The van der Waals surface area contributed by atoms with Crippen LogP contribution in [0.1, 0.15) is 56.5 Å². The maximum Gasteiger partial charge on any atom is 0.359 e. The largest absolute Gasteiger partial charge is 0.462 e. The highest BCUT2D eigenvalue weighted by atomic mass is 16.5. The number of carbonyl (C=O) groups excluding carboxylic acids is 4. The third kappa shape index (κ3) is 4.78. The van der Waals surface area contributed by atoms with Crippen LogP contribution in [0.15, 0.2) is 16.8 Å². The van der Waals surface area contributed by atoms with E-state index in [9.17, 15) is 19.2 Å². The van der Waals surface area contributed by atoms with Crippen LogP contribution in [0.4, 0.5) is 5.88 Å². The third-order valence-electron chi connectivity index (χ3n) is 3.49. The number of aromatic nitrogens is 2. The summed E-state index contributed by atoms with van der Waals surface area (Å²) in [4.78, 5) is 55.7. The lowest BCUT2D eigenvalue weighted by molar-refractivity contribution is -0.119. The van der Waals surface area contributed by atoms with E-state index >= 15 is 0 Å². The summed E-state index contributed by atoms with van der Waals surface area (Å²) in [5.74, 6) is -2.95. The van der Waals surface area contributed by atoms with Gasteiger partial charge < -0.3 is 13.9 Å². The number of hydrogen-bond acceptors (Lipinski definition) is 9. The lowest BCUT2D eigenvalue weighted by Crippen LogP contribution is -2.22. The Bertz CT molecular complexity index is 916. The van der Waals surface area contributed by atoms with Gasteiger partial charge in [-0.05, 0) is 27.7 Å². The number of nitrogens with one attached hydrogen (secondary N) is 1. The molecule has 0 atom stereocenters. The number of amides is 1. The van der Waals surface area contributed by atoms with Crippen LogP contribution in [-0.4, -0.2) is 46.8 Å². The number of anilines is 1. The number of rotatable bonds is 7. The number of esters is 2. The van der Waals surface area contributed by atoms with Crippen LogP contribution in [0.3, 0.4) is 0 Å². The highest BCUT2D eigenvalue weighted by Gasteiger charge is 2.29. The van der Waals surface area contributed by atoms with Gasteiger partial charge >= 0.3 is 11.9 Å². The van der Waals surface area contributed by atoms with Crippen molar-refractivity contribution in [3.63, 3.8) is 0 Å². The Morgan fingerprint density at radius 1 is 1.04 bits per heavy atom. The van der Waals surface area contributed by atoms with Gasteiger partial charge in [-0.25, -0.2) is 14.6 Å². The van der Waals surface area contributed by atoms with Gasteiger partial charge in [-0.15, -0.1) is 0 Å². The van der Waals surface area contributed by atoms with E-state index in [-0.39, 0.29) is 35.1 Å². The summed E-state index contributed by atoms with van der Waals surface area (Å²) in [6.07, 6.45) is 2.61. The Kier molecular flexibility index (Phi) is 6.59. The lowest BCUT2D eigenvalue weighted by Gasteiger charge is -2.07.